The molecule has 0 aliphatic carbocycles. The molecule has 0 fully saturated rings. The first-order chi connectivity index (χ1) is 7.42. The van der Waals surface area contributed by atoms with Gasteiger partial charge in [0.05, 0.1) is 0 Å². The number of rotatable bonds is 8. The van der Waals surface area contributed by atoms with Crippen LogP contribution in [0.5, 0.6) is 0 Å². The molecule has 5 nitrogen and oxygen atoms in total. The molecule has 0 saturated heterocycles. The molecule has 0 unspecified atom stereocenters. The van der Waals surface area contributed by atoms with Gasteiger partial charge in [0.2, 0.25) is 0 Å². The standard InChI is InChI=1S/C7H16O5Si4/c1-8-13(4)10-15(6)12(3)16(7)11-14(5)9-2/h3-7H2,1-2H3/q-4. The predicted octanol–water partition coefficient (Wildman–Crippen LogP) is 0.102. The van der Waals surface area contributed by atoms with Crippen molar-refractivity contribution in [1.29, 1.82) is 0 Å². The largest absolute Gasteiger partial charge is 0.767 e. The molecular formula is C7H16O5Si4-4. The highest BCUT2D eigenvalue weighted by Gasteiger charge is 2.19. The first-order valence-corrected chi connectivity index (χ1v) is 10.2. The molecule has 0 aliphatic heterocycles. The van der Waals surface area contributed by atoms with Crippen molar-refractivity contribution in [2.45, 2.75) is 0 Å². The van der Waals surface area contributed by atoms with Gasteiger partial charge in [-0.1, -0.05) is 0 Å². The van der Waals surface area contributed by atoms with Crippen LogP contribution in [0.3, 0.4) is 0 Å². The van der Waals surface area contributed by atoms with Gasteiger partial charge >= 0.3 is 18.6 Å². The van der Waals surface area contributed by atoms with Crippen molar-refractivity contribution >= 4 is 37.1 Å². The lowest BCUT2D eigenvalue weighted by molar-refractivity contribution is 0.192. The first-order valence-electron chi connectivity index (χ1n) is 4.15. The fraction of sp³-hybridized carbons (Fsp3) is 0.286. The lowest BCUT2D eigenvalue weighted by atomic mass is 11.8. The Balaban J connectivity index is 4.05. The highest BCUT2D eigenvalue weighted by atomic mass is 28.4. The van der Waals surface area contributed by atoms with E-state index in [4.69, 9.17) is 17.1 Å². The van der Waals surface area contributed by atoms with E-state index in [2.05, 4.69) is 37.0 Å². The third kappa shape index (κ3) is 6.41. The molecule has 16 heavy (non-hydrogen) atoms. The van der Waals surface area contributed by atoms with Gasteiger partial charge in [0, 0.05) is 14.2 Å². The minimum absolute atomic E-state index is 1.51. The summed E-state index contributed by atoms with van der Waals surface area (Å²) in [6.45, 7) is 15.1. The summed E-state index contributed by atoms with van der Waals surface area (Å²) in [7, 11) is 0.618. The molecule has 94 valence electrons. The van der Waals surface area contributed by atoms with E-state index in [-0.39, 0.29) is 0 Å². The van der Waals surface area contributed by atoms with Gasteiger partial charge in [-0.2, -0.15) is 0 Å². The van der Waals surface area contributed by atoms with E-state index >= 15 is 0 Å². The lowest BCUT2D eigenvalue weighted by Gasteiger charge is -2.43. The summed E-state index contributed by atoms with van der Waals surface area (Å²) in [6.07, 6.45) is 0. The van der Waals surface area contributed by atoms with Crippen LogP contribution in [0.4, 0.5) is 0 Å². The van der Waals surface area contributed by atoms with Crippen molar-refractivity contribution in [1.82, 2.24) is 0 Å². The van der Waals surface area contributed by atoms with Crippen LogP contribution in [0.15, 0.2) is 0 Å². The number of hydrogen-bond acceptors (Lipinski definition) is 4. The van der Waals surface area contributed by atoms with Gasteiger partial charge < -0.3 is 20.8 Å². The van der Waals surface area contributed by atoms with Gasteiger partial charge in [0.1, 0.15) is 0 Å². The molecule has 0 aromatic carbocycles. The molecule has 0 heterocycles. The molecule has 0 aromatic heterocycles. The zero-order valence-electron chi connectivity index (χ0n) is 9.58. The Labute approximate surface area is 106 Å². The van der Waals surface area contributed by atoms with E-state index < -0.39 is 37.1 Å². The van der Waals surface area contributed by atoms with E-state index in [1.165, 1.54) is 0 Å². The van der Waals surface area contributed by atoms with Gasteiger partial charge in [0.25, 0.3) is 0 Å². The van der Waals surface area contributed by atoms with Crippen molar-refractivity contribution in [3.63, 3.8) is 0 Å². The Bertz CT molecular complexity index is 168. The van der Waals surface area contributed by atoms with Crippen LogP contribution < -0.4 is 0 Å². The third-order valence-electron chi connectivity index (χ3n) is 1.46. The monoisotopic (exact) mass is 292 g/mol. The van der Waals surface area contributed by atoms with Crippen molar-refractivity contribution < 1.29 is 20.8 Å². The molecule has 0 atom stereocenters. The summed E-state index contributed by atoms with van der Waals surface area (Å²) in [6, 6.07) is 0. The fourth-order valence-corrected chi connectivity index (χ4v) is 5.83. The summed E-state index contributed by atoms with van der Waals surface area (Å²) in [5.74, 6) is 0. The zero-order valence-corrected chi connectivity index (χ0v) is 13.6. The Kier molecular flexibility index (Phi) is 9.08. The second-order valence-electron chi connectivity index (χ2n) is 2.49. The molecule has 0 rings (SSSR count). The second kappa shape index (κ2) is 8.71. The minimum Gasteiger partial charge on any atom is -0.767 e. The van der Waals surface area contributed by atoms with Crippen molar-refractivity contribution in [3.05, 3.63) is 33.3 Å². The van der Waals surface area contributed by atoms with Crippen LogP contribution in [0, 0.1) is 33.3 Å². The van der Waals surface area contributed by atoms with Crippen molar-refractivity contribution in [2.24, 2.45) is 0 Å². The Morgan fingerprint density at radius 3 is 1.38 bits per heavy atom. The second-order valence-corrected chi connectivity index (χ2v) is 9.31. The summed E-state index contributed by atoms with van der Waals surface area (Å²) in [5, 5.41) is 0. The maximum Gasteiger partial charge on any atom is 0.391 e. The molecule has 0 spiro atoms. The maximum atomic E-state index is 5.44. The van der Waals surface area contributed by atoms with E-state index in [1.807, 2.05) is 0 Å². The smallest absolute Gasteiger partial charge is 0.391 e. The Morgan fingerprint density at radius 2 is 1.12 bits per heavy atom. The lowest BCUT2D eigenvalue weighted by Crippen LogP contribution is -2.45. The third-order valence-corrected chi connectivity index (χ3v) is 8.48. The summed E-state index contributed by atoms with van der Waals surface area (Å²) >= 11 is 0. The predicted molar refractivity (Wildman–Crippen MR) is 67.1 cm³/mol. The zero-order chi connectivity index (χ0) is 12.7. The maximum absolute atomic E-state index is 5.44. The topological polar surface area (TPSA) is 39.6 Å². The summed E-state index contributed by atoms with van der Waals surface area (Å²) in [5.41, 5.74) is 0. The normalized spacial score (nSPS) is 12.8. The van der Waals surface area contributed by atoms with Gasteiger partial charge in [-0.05, 0) is 0 Å². The van der Waals surface area contributed by atoms with E-state index in [1.54, 1.807) is 14.2 Å². The Hall–Kier alpha value is 0.668. The van der Waals surface area contributed by atoms with Gasteiger partial charge in [-0.25, -0.2) is 13.1 Å². The van der Waals surface area contributed by atoms with Crippen LogP contribution in [0.1, 0.15) is 0 Å². The molecule has 0 aromatic rings. The summed E-state index contributed by atoms with van der Waals surface area (Å²) in [4.78, 5) is 0. The number of hydrogen-bond donors (Lipinski definition) is 0. The highest BCUT2D eigenvalue weighted by Crippen LogP contribution is 2.08. The van der Waals surface area contributed by atoms with Crippen LogP contribution in [-0.2, 0) is 20.8 Å². The Morgan fingerprint density at radius 1 is 0.812 bits per heavy atom. The van der Waals surface area contributed by atoms with Crippen LogP contribution in [-0.4, -0.2) is 51.4 Å². The van der Waals surface area contributed by atoms with Crippen LogP contribution >= 0.6 is 0 Å². The minimum atomic E-state index is -1.59. The van der Waals surface area contributed by atoms with E-state index in [0.717, 1.165) is 0 Å². The molecule has 0 aliphatic rings. The molecular weight excluding hydrogens is 276 g/mol. The SMILES string of the molecule is [CH2-][O+]([Si]([CH2-])O[Si]([CH2-])OC)[Si]([CH2-])O[Si]([CH2-])OC. The molecule has 0 saturated carbocycles. The van der Waals surface area contributed by atoms with E-state index in [0.29, 0.717) is 0 Å². The summed E-state index contributed by atoms with van der Waals surface area (Å²) < 4.78 is 23.3. The van der Waals surface area contributed by atoms with E-state index in [9.17, 15) is 0 Å². The quantitative estimate of drug-likeness (QED) is 0.361. The highest BCUT2D eigenvalue weighted by molar-refractivity contribution is 6.71. The molecule has 9 heteroatoms. The van der Waals surface area contributed by atoms with Crippen molar-refractivity contribution in [3.8, 4) is 0 Å². The molecule has 0 bridgehead atoms. The van der Waals surface area contributed by atoms with Crippen LogP contribution in [0.2, 0.25) is 0 Å². The van der Waals surface area contributed by atoms with Gasteiger partial charge in [-0.3, -0.25) is 13.1 Å². The fourth-order valence-electron chi connectivity index (χ4n) is 0.565. The van der Waals surface area contributed by atoms with Crippen LogP contribution in [0.25, 0.3) is 0 Å². The molecule has 0 N–H and O–H groups in total. The van der Waals surface area contributed by atoms with Gasteiger partial charge in [0.15, 0.2) is 18.6 Å². The molecule has 0 amide bonds. The van der Waals surface area contributed by atoms with Crippen molar-refractivity contribution in [2.75, 3.05) is 14.2 Å². The average Bonchev–Trinajstić information content (AvgIpc) is 2.27. The molecule has 4 radical (unpaired) electrons. The average molecular weight is 293 g/mol. The first kappa shape index (κ1) is 16.7. The van der Waals surface area contributed by atoms with Gasteiger partial charge in [-0.15, -0.1) is 7.11 Å².